The summed E-state index contributed by atoms with van der Waals surface area (Å²) in [6.07, 6.45) is 4.77. The number of hydrazine groups is 1. The summed E-state index contributed by atoms with van der Waals surface area (Å²) in [7, 11) is 0. The SMILES string of the molecule is CCC1(CC)CC(=O)N(c2cccnc2)NC1=O. The molecule has 0 aromatic carbocycles. The van der Waals surface area contributed by atoms with Crippen molar-refractivity contribution in [2.24, 2.45) is 5.41 Å². The van der Waals surface area contributed by atoms with Crippen molar-refractivity contribution in [3.63, 3.8) is 0 Å². The van der Waals surface area contributed by atoms with E-state index in [2.05, 4.69) is 10.4 Å². The van der Waals surface area contributed by atoms with Gasteiger partial charge in [0.25, 0.3) is 0 Å². The Balaban J connectivity index is 2.26. The highest BCUT2D eigenvalue weighted by molar-refractivity contribution is 6.03. The first-order valence-electron chi connectivity index (χ1n) is 6.17. The number of aromatic nitrogens is 1. The largest absolute Gasteiger partial charge is 0.273 e. The first kappa shape index (κ1) is 12.5. The molecule has 0 radical (unpaired) electrons. The molecule has 1 aromatic heterocycles. The first-order valence-corrected chi connectivity index (χ1v) is 6.17. The van der Waals surface area contributed by atoms with Crippen LogP contribution in [0.15, 0.2) is 24.5 Å². The van der Waals surface area contributed by atoms with Crippen LogP contribution < -0.4 is 10.4 Å². The Hall–Kier alpha value is -1.91. The van der Waals surface area contributed by atoms with Gasteiger partial charge in [0, 0.05) is 12.6 Å². The Bertz CT molecular complexity index is 455. The second-order valence-electron chi connectivity index (χ2n) is 4.55. The minimum absolute atomic E-state index is 0.0871. The van der Waals surface area contributed by atoms with Crippen LogP contribution in [0.25, 0.3) is 0 Å². The molecule has 0 bridgehead atoms. The quantitative estimate of drug-likeness (QED) is 0.883. The molecular formula is C13H17N3O2. The lowest BCUT2D eigenvalue weighted by atomic mass is 9.77. The number of hydrogen-bond acceptors (Lipinski definition) is 3. The fraction of sp³-hybridized carbons (Fsp3) is 0.462. The minimum atomic E-state index is -0.560. The zero-order valence-corrected chi connectivity index (χ0v) is 10.6. The number of carbonyl (C=O) groups excluding carboxylic acids is 2. The van der Waals surface area contributed by atoms with E-state index in [1.807, 2.05) is 13.8 Å². The third-order valence-electron chi connectivity index (χ3n) is 3.69. The van der Waals surface area contributed by atoms with Crippen LogP contribution in [0.1, 0.15) is 33.1 Å². The Morgan fingerprint density at radius 1 is 1.39 bits per heavy atom. The predicted molar refractivity (Wildman–Crippen MR) is 67.5 cm³/mol. The van der Waals surface area contributed by atoms with Gasteiger partial charge in [-0.3, -0.25) is 20.0 Å². The van der Waals surface area contributed by atoms with Gasteiger partial charge in [-0.1, -0.05) is 13.8 Å². The third kappa shape index (κ3) is 1.96. The molecule has 2 amide bonds. The smallest absolute Gasteiger partial charge is 0.246 e. The van der Waals surface area contributed by atoms with Gasteiger partial charge in [0.05, 0.1) is 17.3 Å². The second-order valence-corrected chi connectivity index (χ2v) is 4.55. The maximum absolute atomic E-state index is 12.2. The van der Waals surface area contributed by atoms with E-state index in [1.165, 1.54) is 5.01 Å². The first-order chi connectivity index (χ1) is 8.63. The second kappa shape index (κ2) is 4.76. The van der Waals surface area contributed by atoms with Crippen LogP contribution in [0, 0.1) is 5.41 Å². The molecule has 1 aromatic rings. The number of anilines is 1. The Morgan fingerprint density at radius 3 is 2.67 bits per heavy atom. The van der Waals surface area contributed by atoms with Crippen molar-refractivity contribution >= 4 is 17.5 Å². The highest BCUT2D eigenvalue weighted by atomic mass is 16.2. The molecule has 0 unspecified atom stereocenters. The zero-order chi connectivity index (χ0) is 13.2. The van der Waals surface area contributed by atoms with E-state index < -0.39 is 5.41 Å². The normalized spacial score (nSPS) is 18.7. The number of rotatable bonds is 3. The molecule has 2 rings (SSSR count). The minimum Gasteiger partial charge on any atom is -0.273 e. The van der Waals surface area contributed by atoms with Crippen LogP contribution in [-0.2, 0) is 9.59 Å². The molecule has 1 N–H and O–H groups in total. The highest BCUT2D eigenvalue weighted by Gasteiger charge is 2.44. The maximum atomic E-state index is 12.2. The Labute approximate surface area is 106 Å². The van der Waals surface area contributed by atoms with Crippen molar-refractivity contribution in [2.75, 3.05) is 5.01 Å². The van der Waals surface area contributed by atoms with E-state index in [0.717, 1.165) is 0 Å². The lowest BCUT2D eigenvalue weighted by molar-refractivity contribution is -0.142. The van der Waals surface area contributed by atoms with Gasteiger partial charge >= 0.3 is 0 Å². The van der Waals surface area contributed by atoms with Gasteiger partial charge in [-0.25, -0.2) is 5.01 Å². The number of nitrogens with zero attached hydrogens (tertiary/aromatic N) is 2. The molecule has 2 heterocycles. The standard InChI is InChI=1S/C13H17N3O2/c1-3-13(4-2)8-11(17)16(15-12(13)18)10-6-5-7-14-9-10/h5-7,9H,3-4,8H2,1-2H3,(H,15,18). The Morgan fingerprint density at radius 2 is 2.11 bits per heavy atom. The molecule has 0 atom stereocenters. The van der Waals surface area contributed by atoms with Crippen LogP contribution in [0.3, 0.4) is 0 Å². The van der Waals surface area contributed by atoms with Crippen molar-refractivity contribution in [2.45, 2.75) is 33.1 Å². The summed E-state index contributed by atoms with van der Waals surface area (Å²) in [6, 6.07) is 3.48. The number of pyridine rings is 1. The molecule has 0 aliphatic carbocycles. The van der Waals surface area contributed by atoms with Gasteiger partial charge < -0.3 is 0 Å². The van der Waals surface area contributed by atoms with Crippen molar-refractivity contribution in [3.8, 4) is 0 Å². The van der Waals surface area contributed by atoms with Crippen molar-refractivity contribution < 1.29 is 9.59 Å². The van der Waals surface area contributed by atoms with E-state index >= 15 is 0 Å². The van der Waals surface area contributed by atoms with Gasteiger partial charge in [-0.15, -0.1) is 0 Å². The van der Waals surface area contributed by atoms with Gasteiger partial charge in [0.15, 0.2) is 0 Å². The predicted octanol–water partition coefficient (Wildman–Crippen LogP) is 1.66. The van der Waals surface area contributed by atoms with Crippen LogP contribution in [0.5, 0.6) is 0 Å². The van der Waals surface area contributed by atoms with Crippen molar-refractivity contribution in [3.05, 3.63) is 24.5 Å². The summed E-state index contributed by atoms with van der Waals surface area (Å²) in [6.45, 7) is 3.88. The molecule has 1 fully saturated rings. The monoisotopic (exact) mass is 247 g/mol. The molecule has 1 saturated heterocycles. The molecule has 18 heavy (non-hydrogen) atoms. The summed E-state index contributed by atoms with van der Waals surface area (Å²) in [5, 5.41) is 1.29. The van der Waals surface area contributed by atoms with Crippen molar-refractivity contribution in [1.29, 1.82) is 0 Å². The fourth-order valence-corrected chi connectivity index (χ4v) is 2.25. The average molecular weight is 247 g/mol. The molecule has 5 nitrogen and oxygen atoms in total. The molecule has 96 valence electrons. The van der Waals surface area contributed by atoms with Gasteiger partial charge in [0.2, 0.25) is 11.8 Å². The number of amides is 2. The van der Waals surface area contributed by atoms with Gasteiger partial charge in [-0.05, 0) is 25.0 Å². The number of nitrogens with one attached hydrogen (secondary N) is 1. The maximum Gasteiger partial charge on any atom is 0.246 e. The summed E-state index contributed by atoms with van der Waals surface area (Å²) in [5.74, 6) is -0.178. The van der Waals surface area contributed by atoms with E-state index in [9.17, 15) is 9.59 Å². The lowest BCUT2D eigenvalue weighted by Crippen LogP contribution is -2.59. The van der Waals surface area contributed by atoms with E-state index in [0.29, 0.717) is 18.5 Å². The third-order valence-corrected chi connectivity index (χ3v) is 3.69. The number of carbonyl (C=O) groups is 2. The topological polar surface area (TPSA) is 62.3 Å². The molecular weight excluding hydrogens is 230 g/mol. The van der Waals surface area contributed by atoms with Crippen LogP contribution >= 0.6 is 0 Å². The lowest BCUT2D eigenvalue weighted by Gasteiger charge is -2.39. The fourth-order valence-electron chi connectivity index (χ4n) is 2.25. The van der Waals surface area contributed by atoms with E-state index in [-0.39, 0.29) is 18.2 Å². The summed E-state index contributed by atoms with van der Waals surface area (Å²) in [4.78, 5) is 28.3. The number of hydrogen-bond donors (Lipinski definition) is 1. The Kier molecular flexibility index (Phi) is 3.32. The van der Waals surface area contributed by atoms with Crippen LogP contribution in [0.4, 0.5) is 5.69 Å². The van der Waals surface area contributed by atoms with E-state index in [1.54, 1.807) is 24.5 Å². The molecule has 0 spiro atoms. The highest BCUT2D eigenvalue weighted by Crippen LogP contribution is 2.35. The summed E-state index contributed by atoms with van der Waals surface area (Å²) in [5.41, 5.74) is 2.71. The summed E-state index contributed by atoms with van der Waals surface area (Å²) < 4.78 is 0. The molecule has 0 saturated carbocycles. The zero-order valence-electron chi connectivity index (χ0n) is 10.6. The van der Waals surface area contributed by atoms with E-state index in [4.69, 9.17) is 0 Å². The molecule has 5 heteroatoms. The average Bonchev–Trinajstić information content (AvgIpc) is 2.42. The summed E-state index contributed by atoms with van der Waals surface area (Å²) >= 11 is 0. The molecule has 1 aliphatic rings. The van der Waals surface area contributed by atoms with Gasteiger partial charge in [0.1, 0.15) is 0 Å². The van der Waals surface area contributed by atoms with Crippen LogP contribution in [-0.4, -0.2) is 16.8 Å². The van der Waals surface area contributed by atoms with Crippen LogP contribution in [0.2, 0.25) is 0 Å². The van der Waals surface area contributed by atoms with Crippen molar-refractivity contribution in [1.82, 2.24) is 10.4 Å². The van der Waals surface area contributed by atoms with Gasteiger partial charge in [-0.2, -0.15) is 0 Å². The molecule has 1 aliphatic heterocycles.